The maximum atomic E-state index is 13.4. The summed E-state index contributed by atoms with van der Waals surface area (Å²) in [5.74, 6) is -0.142. The van der Waals surface area contributed by atoms with Gasteiger partial charge in [0.1, 0.15) is 0 Å². The van der Waals surface area contributed by atoms with Crippen LogP contribution in [-0.2, 0) is 12.8 Å². The lowest BCUT2D eigenvalue weighted by molar-refractivity contribution is 0.0955. The number of benzene rings is 3. The molecule has 4 aromatic rings. The molecule has 30 heavy (non-hydrogen) atoms. The van der Waals surface area contributed by atoms with Crippen molar-refractivity contribution in [2.24, 2.45) is 5.73 Å². The van der Waals surface area contributed by atoms with Crippen LogP contribution < -0.4 is 5.73 Å². The number of aromatic amines is 1. The molecule has 0 spiro atoms. The van der Waals surface area contributed by atoms with Gasteiger partial charge >= 0.3 is 0 Å². The molecule has 4 heteroatoms. The van der Waals surface area contributed by atoms with Gasteiger partial charge < -0.3 is 10.7 Å². The Morgan fingerprint density at radius 3 is 2.73 bits per heavy atom. The zero-order chi connectivity index (χ0) is 20.7. The van der Waals surface area contributed by atoms with Crippen LogP contribution in [0.1, 0.15) is 38.4 Å². The first-order valence-electron chi connectivity index (χ1n) is 10.2. The number of allylic oxidation sites excluding steroid dienone is 2. The van der Waals surface area contributed by atoms with Crippen LogP contribution in [0.25, 0.3) is 21.7 Å². The lowest BCUT2D eigenvalue weighted by Gasteiger charge is -2.14. The van der Waals surface area contributed by atoms with Gasteiger partial charge in [-0.3, -0.25) is 9.59 Å². The number of hydrogen-bond donors (Lipinski definition) is 2. The standard InChI is InChI=1S/C26H22N2O2/c27-21(15-17-9-5-8-16-7-1-2-10-18(16)17)26(30)25-20-11-3-4-14-23(29)19-12-6-13-22(28-25)24(19)20/h1-2,4-10,12-14,21,28H,3,11,15,27H2. The second-order valence-electron chi connectivity index (χ2n) is 7.83. The van der Waals surface area contributed by atoms with Gasteiger partial charge in [0.15, 0.2) is 11.6 Å². The van der Waals surface area contributed by atoms with E-state index in [0.717, 1.165) is 32.8 Å². The van der Waals surface area contributed by atoms with E-state index in [1.807, 2.05) is 48.5 Å². The smallest absolute Gasteiger partial charge is 0.196 e. The number of H-pyrrole nitrogens is 1. The fourth-order valence-corrected chi connectivity index (χ4v) is 4.48. The van der Waals surface area contributed by atoms with Crippen molar-refractivity contribution in [3.05, 3.63) is 95.2 Å². The molecule has 5 rings (SSSR count). The number of carbonyl (C=O) groups excluding carboxylic acids is 2. The maximum absolute atomic E-state index is 13.4. The van der Waals surface area contributed by atoms with E-state index in [4.69, 9.17) is 5.73 Å². The summed E-state index contributed by atoms with van der Waals surface area (Å²) in [6.07, 6.45) is 5.37. The van der Waals surface area contributed by atoms with Gasteiger partial charge in [0.2, 0.25) is 0 Å². The van der Waals surface area contributed by atoms with Crippen LogP contribution in [0.4, 0.5) is 0 Å². The first-order valence-corrected chi connectivity index (χ1v) is 10.2. The van der Waals surface area contributed by atoms with E-state index in [2.05, 4.69) is 23.2 Å². The predicted octanol–water partition coefficient (Wildman–Crippen LogP) is 4.76. The summed E-state index contributed by atoms with van der Waals surface area (Å²) in [6, 6.07) is 19.1. The number of Topliss-reactive ketones (excluding diaryl/α,β-unsaturated/α-hetero) is 1. The van der Waals surface area contributed by atoms with Crippen molar-refractivity contribution < 1.29 is 9.59 Å². The summed E-state index contributed by atoms with van der Waals surface area (Å²) in [4.78, 5) is 29.2. The minimum absolute atomic E-state index is 0.0281. The molecule has 148 valence electrons. The molecule has 1 heterocycles. The van der Waals surface area contributed by atoms with Gasteiger partial charge in [0, 0.05) is 16.5 Å². The lowest BCUT2D eigenvalue weighted by atomic mass is 9.92. The van der Waals surface area contributed by atoms with Crippen molar-refractivity contribution in [2.75, 3.05) is 0 Å². The molecule has 3 aromatic carbocycles. The second-order valence-corrected chi connectivity index (χ2v) is 7.83. The third-order valence-electron chi connectivity index (χ3n) is 5.93. The van der Waals surface area contributed by atoms with Crippen molar-refractivity contribution in [3.8, 4) is 0 Å². The Labute approximate surface area is 174 Å². The summed E-state index contributed by atoms with van der Waals surface area (Å²) in [5.41, 5.74) is 10.4. The minimum atomic E-state index is -0.666. The van der Waals surface area contributed by atoms with Crippen LogP contribution in [0.5, 0.6) is 0 Å². The average Bonchev–Trinajstić information content (AvgIpc) is 3.13. The summed E-state index contributed by atoms with van der Waals surface area (Å²) >= 11 is 0. The minimum Gasteiger partial charge on any atom is -0.352 e. The highest BCUT2D eigenvalue weighted by atomic mass is 16.1. The third kappa shape index (κ3) is 3.06. The van der Waals surface area contributed by atoms with Crippen molar-refractivity contribution in [1.82, 2.24) is 4.98 Å². The van der Waals surface area contributed by atoms with Crippen molar-refractivity contribution in [2.45, 2.75) is 25.3 Å². The molecule has 0 saturated carbocycles. The Bertz CT molecular complexity index is 1320. The van der Waals surface area contributed by atoms with Crippen LogP contribution in [0, 0.1) is 0 Å². The SMILES string of the molecule is NC(Cc1cccc2ccccc12)C(=O)c1[nH]c2cccc3c2c1CCC=CC3=O. The largest absolute Gasteiger partial charge is 0.352 e. The molecule has 0 amide bonds. The van der Waals surface area contributed by atoms with E-state index in [-0.39, 0.29) is 11.6 Å². The van der Waals surface area contributed by atoms with E-state index in [9.17, 15) is 9.59 Å². The molecule has 0 saturated heterocycles. The summed E-state index contributed by atoms with van der Waals surface area (Å²) in [5, 5.41) is 3.11. The number of nitrogens with one attached hydrogen (secondary N) is 1. The van der Waals surface area contributed by atoms with Crippen LogP contribution in [0.15, 0.2) is 72.8 Å². The molecule has 1 atom stereocenters. The number of carbonyl (C=O) groups is 2. The monoisotopic (exact) mass is 394 g/mol. The molecule has 0 radical (unpaired) electrons. The van der Waals surface area contributed by atoms with Gasteiger partial charge in [-0.25, -0.2) is 0 Å². The molecular weight excluding hydrogens is 372 g/mol. The number of aryl methyl sites for hydroxylation is 1. The predicted molar refractivity (Wildman–Crippen MR) is 120 cm³/mol. The molecule has 3 N–H and O–H groups in total. The number of aromatic nitrogens is 1. The number of ketones is 2. The Balaban J connectivity index is 1.54. The number of rotatable bonds is 4. The van der Waals surface area contributed by atoms with Crippen molar-refractivity contribution in [1.29, 1.82) is 0 Å². The average molecular weight is 394 g/mol. The third-order valence-corrected chi connectivity index (χ3v) is 5.93. The van der Waals surface area contributed by atoms with E-state index < -0.39 is 6.04 Å². The molecule has 1 aromatic heterocycles. The fraction of sp³-hybridized carbons (Fsp3) is 0.154. The van der Waals surface area contributed by atoms with E-state index in [1.165, 1.54) is 0 Å². The van der Waals surface area contributed by atoms with E-state index >= 15 is 0 Å². The highest BCUT2D eigenvalue weighted by molar-refractivity contribution is 6.16. The highest BCUT2D eigenvalue weighted by Crippen LogP contribution is 2.30. The Hall–Kier alpha value is -3.50. The highest BCUT2D eigenvalue weighted by Gasteiger charge is 2.26. The number of fused-ring (bicyclic) bond motifs is 1. The first-order chi connectivity index (χ1) is 14.6. The molecule has 0 aliphatic heterocycles. The molecule has 1 aliphatic rings. The van der Waals surface area contributed by atoms with Crippen LogP contribution >= 0.6 is 0 Å². The Morgan fingerprint density at radius 2 is 1.83 bits per heavy atom. The Kier molecular flexibility index (Phi) is 4.57. The van der Waals surface area contributed by atoms with Crippen molar-refractivity contribution in [3.63, 3.8) is 0 Å². The molecular formula is C26H22N2O2. The van der Waals surface area contributed by atoms with Crippen LogP contribution in [-0.4, -0.2) is 22.6 Å². The molecule has 0 fully saturated rings. The summed E-state index contributed by atoms with van der Waals surface area (Å²) in [7, 11) is 0. The van der Waals surface area contributed by atoms with Gasteiger partial charge in [-0.15, -0.1) is 0 Å². The zero-order valence-corrected chi connectivity index (χ0v) is 16.5. The van der Waals surface area contributed by atoms with Gasteiger partial charge in [0.25, 0.3) is 0 Å². The first kappa shape index (κ1) is 18.5. The van der Waals surface area contributed by atoms with E-state index in [1.54, 1.807) is 6.08 Å². The zero-order valence-electron chi connectivity index (χ0n) is 16.5. The van der Waals surface area contributed by atoms with E-state index in [0.29, 0.717) is 30.5 Å². The number of hydrogen-bond acceptors (Lipinski definition) is 3. The van der Waals surface area contributed by atoms with Crippen LogP contribution in [0.3, 0.4) is 0 Å². The Morgan fingerprint density at radius 1 is 1.03 bits per heavy atom. The molecule has 1 aliphatic carbocycles. The summed E-state index contributed by atoms with van der Waals surface area (Å²) in [6.45, 7) is 0. The van der Waals surface area contributed by atoms with Crippen LogP contribution in [0.2, 0.25) is 0 Å². The van der Waals surface area contributed by atoms with Gasteiger partial charge in [-0.05, 0) is 53.3 Å². The molecule has 0 bridgehead atoms. The van der Waals surface area contributed by atoms with Crippen molar-refractivity contribution >= 4 is 33.2 Å². The fourth-order valence-electron chi connectivity index (χ4n) is 4.48. The van der Waals surface area contributed by atoms with Gasteiger partial charge in [-0.1, -0.05) is 60.7 Å². The lowest BCUT2D eigenvalue weighted by Crippen LogP contribution is -2.33. The quantitative estimate of drug-likeness (QED) is 0.490. The topological polar surface area (TPSA) is 76.0 Å². The molecule has 1 unspecified atom stereocenters. The second kappa shape index (κ2) is 7.39. The summed E-state index contributed by atoms with van der Waals surface area (Å²) < 4.78 is 0. The van der Waals surface area contributed by atoms with Gasteiger partial charge in [0.05, 0.1) is 11.7 Å². The molecule has 4 nitrogen and oxygen atoms in total. The number of nitrogens with two attached hydrogens (primary N) is 1. The normalized spacial score (nSPS) is 14.6. The maximum Gasteiger partial charge on any atom is 0.196 e. The van der Waals surface area contributed by atoms with Gasteiger partial charge in [-0.2, -0.15) is 0 Å².